The van der Waals surface area contributed by atoms with E-state index >= 15 is 0 Å². The largest absolute Gasteiger partial charge is 0.478 e. The number of piperidine rings is 1. The molecule has 2 fully saturated rings. The third-order valence-electron chi connectivity index (χ3n) is 7.51. The third-order valence-corrected chi connectivity index (χ3v) is 7.79. The fraction of sp³-hybridized carbons (Fsp3) is 0.500. The Labute approximate surface area is 227 Å². The molecule has 1 aliphatic heterocycles. The number of aromatic nitrogens is 3. The van der Waals surface area contributed by atoms with Crippen molar-refractivity contribution in [2.75, 3.05) is 37.0 Å². The third kappa shape index (κ3) is 5.72. The zero-order valence-corrected chi connectivity index (χ0v) is 22.8. The molecular weight excluding hydrogens is 504 g/mol. The summed E-state index contributed by atoms with van der Waals surface area (Å²) in [5.41, 5.74) is 1.42. The molecule has 3 heterocycles. The van der Waals surface area contributed by atoms with Gasteiger partial charge in [-0.25, -0.2) is 4.98 Å². The molecule has 10 heteroatoms. The molecular formula is C28H35ClN6O3. The van der Waals surface area contributed by atoms with Gasteiger partial charge < -0.3 is 24.8 Å². The fourth-order valence-electron chi connectivity index (χ4n) is 5.52. The van der Waals surface area contributed by atoms with Crippen molar-refractivity contribution in [1.29, 1.82) is 0 Å². The molecule has 3 aromatic rings. The number of fused-ring (bicyclic) bond motifs is 1. The van der Waals surface area contributed by atoms with Gasteiger partial charge in [-0.2, -0.15) is 4.98 Å². The van der Waals surface area contributed by atoms with Gasteiger partial charge in [-0.15, -0.1) is 0 Å². The van der Waals surface area contributed by atoms with Crippen molar-refractivity contribution in [3.8, 4) is 5.75 Å². The summed E-state index contributed by atoms with van der Waals surface area (Å²) in [6, 6.07) is 7.67. The number of carbonyl (C=O) groups excluding carboxylic acids is 1. The Kier molecular flexibility index (Phi) is 8.02. The topological polar surface area (TPSA) is 101 Å². The van der Waals surface area contributed by atoms with E-state index in [2.05, 4.69) is 27.4 Å². The first-order valence-corrected chi connectivity index (χ1v) is 13.9. The zero-order chi connectivity index (χ0) is 26.6. The van der Waals surface area contributed by atoms with Crippen LogP contribution in [0.3, 0.4) is 0 Å². The fourth-order valence-corrected chi connectivity index (χ4v) is 5.66. The van der Waals surface area contributed by atoms with Crippen LogP contribution in [0.2, 0.25) is 5.02 Å². The number of pyridine rings is 1. The number of hydrogen-bond acceptors (Lipinski definition) is 7. The SMILES string of the molecule is CNC(=O)COc1cc2cc(Nc3nc(N4CCCC(C)C4)ncc3Cl)ccc2n(C2CCCCC2)c1=O. The number of halogens is 1. The Morgan fingerprint density at radius 3 is 2.74 bits per heavy atom. The van der Waals surface area contributed by atoms with Crippen LogP contribution >= 0.6 is 11.6 Å². The minimum absolute atomic E-state index is 0.104. The molecule has 9 nitrogen and oxygen atoms in total. The van der Waals surface area contributed by atoms with Crippen molar-refractivity contribution in [3.63, 3.8) is 0 Å². The van der Waals surface area contributed by atoms with Gasteiger partial charge in [0.05, 0.1) is 11.7 Å². The summed E-state index contributed by atoms with van der Waals surface area (Å²) in [5, 5.41) is 7.14. The molecule has 1 amide bonds. The number of benzene rings is 1. The smallest absolute Gasteiger partial charge is 0.293 e. The predicted octanol–water partition coefficient (Wildman–Crippen LogP) is 5.05. The Bertz CT molecular complexity index is 1370. The second-order valence-corrected chi connectivity index (χ2v) is 10.8. The highest BCUT2D eigenvalue weighted by Gasteiger charge is 2.22. The van der Waals surface area contributed by atoms with Crippen LogP contribution in [0.1, 0.15) is 57.9 Å². The van der Waals surface area contributed by atoms with E-state index in [0.29, 0.717) is 22.7 Å². The molecule has 1 saturated heterocycles. The first kappa shape index (κ1) is 26.3. The van der Waals surface area contributed by atoms with Crippen molar-refractivity contribution < 1.29 is 9.53 Å². The predicted molar refractivity (Wildman–Crippen MR) is 151 cm³/mol. The molecule has 2 N–H and O–H groups in total. The van der Waals surface area contributed by atoms with Gasteiger partial charge in [0, 0.05) is 37.3 Å². The monoisotopic (exact) mass is 538 g/mol. The molecule has 2 aliphatic rings. The van der Waals surface area contributed by atoms with Crippen LogP contribution in [-0.2, 0) is 4.79 Å². The van der Waals surface area contributed by atoms with Gasteiger partial charge in [-0.3, -0.25) is 9.59 Å². The molecule has 1 aromatic carbocycles. The second kappa shape index (κ2) is 11.6. The molecule has 1 aliphatic carbocycles. The Hall–Kier alpha value is -3.33. The molecule has 0 bridgehead atoms. The molecule has 202 valence electrons. The summed E-state index contributed by atoms with van der Waals surface area (Å²) in [6.45, 7) is 3.89. The Balaban J connectivity index is 1.49. The molecule has 1 unspecified atom stereocenters. The van der Waals surface area contributed by atoms with Crippen molar-refractivity contribution in [1.82, 2.24) is 19.9 Å². The zero-order valence-electron chi connectivity index (χ0n) is 22.0. The molecule has 0 spiro atoms. The highest BCUT2D eigenvalue weighted by Crippen LogP contribution is 2.33. The number of anilines is 3. The number of carbonyl (C=O) groups is 1. The van der Waals surface area contributed by atoms with Gasteiger partial charge in [0.2, 0.25) is 5.95 Å². The number of amides is 1. The van der Waals surface area contributed by atoms with Crippen LogP contribution in [0.25, 0.3) is 10.9 Å². The molecule has 1 saturated carbocycles. The van der Waals surface area contributed by atoms with Crippen molar-refractivity contribution in [2.45, 2.75) is 57.9 Å². The number of nitrogens with zero attached hydrogens (tertiary/aromatic N) is 4. The summed E-state index contributed by atoms with van der Waals surface area (Å²) in [5.74, 6) is 1.68. The quantitative estimate of drug-likeness (QED) is 0.434. The van der Waals surface area contributed by atoms with Crippen molar-refractivity contribution in [2.24, 2.45) is 5.92 Å². The van der Waals surface area contributed by atoms with E-state index in [0.717, 1.165) is 61.8 Å². The number of rotatable bonds is 7. The lowest BCUT2D eigenvalue weighted by molar-refractivity contribution is -0.122. The van der Waals surface area contributed by atoms with Crippen LogP contribution in [-0.4, -0.2) is 47.2 Å². The van der Waals surface area contributed by atoms with Gasteiger partial charge in [0.25, 0.3) is 11.5 Å². The summed E-state index contributed by atoms with van der Waals surface area (Å²) < 4.78 is 7.54. The lowest BCUT2D eigenvalue weighted by atomic mass is 9.94. The summed E-state index contributed by atoms with van der Waals surface area (Å²) in [7, 11) is 1.54. The number of likely N-dealkylation sites (N-methyl/N-ethyl adjacent to an activating group) is 1. The number of ether oxygens (including phenoxy) is 1. The van der Waals surface area contributed by atoms with E-state index in [1.165, 1.54) is 12.8 Å². The van der Waals surface area contributed by atoms with Crippen molar-refractivity contribution in [3.05, 3.63) is 45.8 Å². The summed E-state index contributed by atoms with van der Waals surface area (Å²) in [6.07, 6.45) is 9.23. The maximum atomic E-state index is 13.5. The van der Waals surface area contributed by atoms with Crippen molar-refractivity contribution >= 4 is 45.9 Å². The lowest BCUT2D eigenvalue weighted by Gasteiger charge is -2.31. The molecule has 38 heavy (non-hydrogen) atoms. The molecule has 0 radical (unpaired) electrons. The number of hydrogen-bond donors (Lipinski definition) is 2. The van der Waals surface area contributed by atoms with Gasteiger partial charge in [0.1, 0.15) is 5.02 Å². The summed E-state index contributed by atoms with van der Waals surface area (Å²) in [4.78, 5) is 36.7. The number of nitrogens with one attached hydrogen (secondary N) is 2. The standard InChI is InChI=1S/C28H35ClN6O3/c1-18-7-6-12-34(16-18)28-31-15-22(29)26(33-28)32-20-10-11-23-19(13-20)14-24(38-17-25(36)30-2)27(37)35(23)21-8-4-3-5-9-21/h10-11,13-15,18,21H,3-9,12,16-17H2,1-2H3,(H,30,36)(H,31,32,33). The van der Waals surface area contributed by atoms with E-state index in [1.807, 2.05) is 22.8 Å². The van der Waals surface area contributed by atoms with E-state index < -0.39 is 0 Å². The average molecular weight is 539 g/mol. The average Bonchev–Trinajstić information content (AvgIpc) is 2.93. The normalized spacial score (nSPS) is 18.4. The molecule has 2 aromatic heterocycles. The first-order chi connectivity index (χ1) is 18.4. The van der Waals surface area contributed by atoms with Crippen LogP contribution < -0.4 is 25.8 Å². The van der Waals surface area contributed by atoms with E-state index in [1.54, 1.807) is 19.3 Å². The maximum absolute atomic E-state index is 13.5. The van der Waals surface area contributed by atoms with Gasteiger partial charge in [-0.05, 0) is 55.9 Å². The Morgan fingerprint density at radius 1 is 1.16 bits per heavy atom. The van der Waals surface area contributed by atoms with E-state index in [-0.39, 0.29) is 29.9 Å². The van der Waals surface area contributed by atoms with E-state index in [9.17, 15) is 9.59 Å². The van der Waals surface area contributed by atoms with Gasteiger partial charge in [0.15, 0.2) is 18.2 Å². The summed E-state index contributed by atoms with van der Waals surface area (Å²) >= 11 is 6.48. The lowest BCUT2D eigenvalue weighted by Crippen LogP contribution is -2.35. The highest BCUT2D eigenvalue weighted by molar-refractivity contribution is 6.32. The second-order valence-electron chi connectivity index (χ2n) is 10.4. The van der Waals surface area contributed by atoms with Crippen LogP contribution in [0.5, 0.6) is 5.75 Å². The van der Waals surface area contributed by atoms with Crippen LogP contribution in [0.15, 0.2) is 35.3 Å². The first-order valence-electron chi connectivity index (χ1n) is 13.5. The van der Waals surface area contributed by atoms with Gasteiger partial charge >= 0.3 is 0 Å². The van der Waals surface area contributed by atoms with Gasteiger partial charge in [-0.1, -0.05) is 37.8 Å². The van der Waals surface area contributed by atoms with Crippen LogP contribution in [0, 0.1) is 5.92 Å². The minimum Gasteiger partial charge on any atom is -0.478 e. The van der Waals surface area contributed by atoms with E-state index in [4.69, 9.17) is 21.3 Å². The molecule has 5 rings (SSSR count). The Morgan fingerprint density at radius 2 is 1.97 bits per heavy atom. The molecule has 1 atom stereocenters. The maximum Gasteiger partial charge on any atom is 0.293 e. The highest BCUT2D eigenvalue weighted by atomic mass is 35.5. The van der Waals surface area contributed by atoms with Crippen LogP contribution in [0.4, 0.5) is 17.5 Å². The minimum atomic E-state index is -0.290.